The molecule has 2 aromatic carbocycles. The monoisotopic (exact) mass is 387 g/mol. The van der Waals surface area contributed by atoms with E-state index in [4.69, 9.17) is 16.3 Å². The second kappa shape index (κ2) is 8.38. The molecule has 26 heavy (non-hydrogen) atoms. The molecule has 3 rings (SSSR count). The van der Waals surface area contributed by atoms with Gasteiger partial charge in [-0.15, -0.1) is 10.2 Å². The Morgan fingerprint density at radius 2 is 1.96 bits per heavy atom. The molecule has 0 fully saturated rings. The minimum absolute atomic E-state index is 0.305. The molecule has 0 bridgehead atoms. The van der Waals surface area contributed by atoms with Gasteiger partial charge < -0.3 is 4.74 Å². The van der Waals surface area contributed by atoms with Gasteiger partial charge in [-0.2, -0.15) is 0 Å². The molecule has 1 unspecified atom stereocenters. The molecule has 0 radical (unpaired) electrons. The van der Waals surface area contributed by atoms with Crippen LogP contribution in [0.25, 0.3) is 5.69 Å². The van der Waals surface area contributed by atoms with E-state index in [9.17, 15) is 4.79 Å². The molecule has 7 heteroatoms. The van der Waals surface area contributed by atoms with Crippen LogP contribution in [0.2, 0.25) is 5.02 Å². The number of benzene rings is 2. The van der Waals surface area contributed by atoms with E-state index >= 15 is 0 Å². The first-order chi connectivity index (χ1) is 12.6. The van der Waals surface area contributed by atoms with E-state index in [0.29, 0.717) is 16.6 Å². The second-order valence-electron chi connectivity index (χ2n) is 5.66. The number of hydrogen-bond donors (Lipinski definition) is 0. The largest absolute Gasteiger partial charge is 0.468 e. The summed E-state index contributed by atoms with van der Waals surface area (Å²) in [6, 6.07) is 17.5. The number of halogens is 1. The third kappa shape index (κ3) is 4.26. The van der Waals surface area contributed by atoms with Crippen molar-refractivity contribution in [1.82, 2.24) is 14.8 Å². The first-order valence-electron chi connectivity index (χ1n) is 8.07. The average molecular weight is 388 g/mol. The van der Waals surface area contributed by atoms with Gasteiger partial charge in [-0.3, -0.25) is 9.36 Å². The Morgan fingerprint density at radius 3 is 2.65 bits per heavy atom. The Hall–Kier alpha value is -2.31. The Labute approximate surface area is 161 Å². The SMILES string of the molecule is COC(=O)C(C)Sc1nnc(Cc2ccccc2)n1-c1cccc(Cl)c1. The number of hydrogen-bond acceptors (Lipinski definition) is 5. The highest BCUT2D eigenvalue weighted by atomic mass is 35.5. The number of ether oxygens (including phenoxy) is 1. The topological polar surface area (TPSA) is 57.0 Å². The van der Waals surface area contributed by atoms with Crippen molar-refractivity contribution < 1.29 is 9.53 Å². The van der Waals surface area contributed by atoms with Crippen LogP contribution in [-0.4, -0.2) is 33.1 Å². The zero-order chi connectivity index (χ0) is 18.5. The van der Waals surface area contributed by atoms with Crippen molar-refractivity contribution in [2.24, 2.45) is 0 Å². The summed E-state index contributed by atoms with van der Waals surface area (Å²) in [7, 11) is 1.38. The first kappa shape index (κ1) is 18.5. The predicted octanol–water partition coefficient (Wildman–Crippen LogP) is 4.17. The molecule has 0 saturated heterocycles. The maximum absolute atomic E-state index is 11.8. The number of aromatic nitrogens is 3. The third-order valence-electron chi connectivity index (χ3n) is 3.79. The van der Waals surface area contributed by atoms with Crippen LogP contribution in [-0.2, 0) is 16.0 Å². The minimum Gasteiger partial charge on any atom is -0.468 e. The summed E-state index contributed by atoms with van der Waals surface area (Å²) in [5.74, 6) is 0.471. The molecule has 0 aliphatic rings. The smallest absolute Gasteiger partial charge is 0.318 e. The number of esters is 1. The molecule has 134 valence electrons. The van der Waals surface area contributed by atoms with Crippen LogP contribution in [0.3, 0.4) is 0 Å². The van der Waals surface area contributed by atoms with E-state index in [1.807, 2.05) is 59.2 Å². The fourth-order valence-electron chi connectivity index (χ4n) is 2.52. The molecule has 0 spiro atoms. The van der Waals surface area contributed by atoms with Crippen molar-refractivity contribution in [1.29, 1.82) is 0 Å². The van der Waals surface area contributed by atoms with Crippen molar-refractivity contribution in [2.45, 2.75) is 23.8 Å². The molecule has 0 aliphatic carbocycles. The van der Waals surface area contributed by atoms with E-state index in [-0.39, 0.29) is 5.97 Å². The highest BCUT2D eigenvalue weighted by Crippen LogP contribution is 2.28. The normalized spacial score (nSPS) is 12.0. The molecule has 0 N–H and O–H groups in total. The Bertz CT molecular complexity index is 899. The van der Waals surface area contributed by atoms with Crippen LogP contribution in [0.5, 0.6) is 0 Å². The number of methoxy groups -OCH3 is 1. The molecule has 0 amide bonds. The zero-order valence-corrected chi connectivity index (χ0v) is 16.0. The Kier molecular flexibility index (Phi) is 5.96. The quantitative estimate of drug-likeness (QED) is 0.469. The van der Waals surface area contributed by atoms with Gasteiger partial charge in [-0.25, -0.2) is 0 Å². The van der Waals surface area contributed by atoms with Gasteiger partial charge in [0.25, 0.3) is 0 Å². The van der Waals surface area contributed by atoms with E-state index in [1.54, 1.807) is 6.92 Å². The molecule has 1 aromatic heterocycles. The number of rotatable bonds is 6. The lowest BCUT2D eigenvalue weighted by Crippen LogP contribution is -2.15. The van der Waals surface area contributed by atoms with E-state index < -0.39 is 5.25 Å². The summed E-state index contributed by atoms with van der Waals surface area (Å²) in [4.78, 5) is 11.8. The van der Waals surface area contributed by atoms with Gasteiger partial charge in [0.1, 0.15) is 11.1 Å². The summed E-state index contributed by atoms with van der Waals surface area (Å²) < 4.78 is 6.75. The lowest BCUT2D eigenvalue weighted by atomic mass is 10.1. The van der Waals surface area contributed by atoms with Crippen molar-refractivity contribution in [3.05, 3.63) is 71.0 Å². The minimum atomic E-state index is -0.397. The van der Waals surface area contributed by atoms with Gasteiger partial charge in [0.15, 0.2) is 5.16 Å². The van der Waals surface area contributed by atoms with E-state index in [2.05, 4.69) is 10.2 Å². The Balaban J connectivity index is 2.00. The summed E-state index contributed by atoms with van der Waals surface area (Å²) >= 11 is 7.48. The maximum Gasteiger partial charge on any atom is 0.318 e. The molecule has 1 heterocycles. The van der Waals surface area contributed by atoms with Gasteiger partial charge >= 0.3 is 5.97 Å². The lowest BCUT2D eigenvalue weighted by Gasteiger charge is -2.13. The highest BCUT2D eigenvalue weighted by Gasteiger charge is 2.21. The van der Waals surface area contributed by atoms with Gasteiger partial charge in [-0.05, 0) is 30.7 Å². The average Bonchev–Trinajstić information content (AvgIpc) is 3.03. The lowest BCUT2D eigenvalue weighted by molar-refractivity contribution is -0.139. The summed E-state index contributed by atoms with van der Waals surface area (Å²) in [5.41, 5.74) is 1.98. The molecular formula is C19H18ClN3O2S. The fourth-order valence-corrected chi connectivity index (χ4v) is 3.61. The Morgan fingerprint density at radius 1 is 1.19 bits per heavy atom. The predicted molar refractivity (Wildman–Crippen MR) is 103 cm³/mol. The molecule has 3 aromatic rings. The second-order valence-corrected chi connectivity index (χ2v) is 7.40. The van der Waals surface area contributed by atoms with E-state index in [0.717, 1.165) is 17.1 Å². The van der Waals surface area contributed by atoms with Gasteiger partial charge in [0.2, 0.25) is 0 Å². The van der Waals surface area contributed by atoms with Crippen LogP contribution in [0, 0.1) is 0 Å². The van der Waals surface area contributed by atoms with E-state index in [1.165, 1.54) is 18.9 Å². The standard InChI is InChI=1S/C19H18ClN3O2S/c1-13(18(24)25-2)26-19-22-21-17(11-14-7-4-3-5-8-14)23(19)16-10-6-9-15(20)12-16/h3-10,12-13H,11H2,1-2H3. The van der Waals surface area contributed by atoms with Crippen LogP contribution in [0.4, 0.5) is 0 Å². The van der Waals surface area contributed by atoms with Crippen molar-refractivity contribution in [2.75, 3.05) is 7.11 Å². The summed E-state index contributed by atoms with van der Waals surface area (Å²) in [6.07, 6.45) is 0.619. The van der Waals surface area contributed by atoms with Crippen LogP contribution in [0.15, 0.2) is 59.8 Å². The molecule has 0 saturated carbocycles. The molecule has 1 atom stereocenters. The number of carbonyl (C=O) groups is 1. The van der Waals surface area contributed by atoms with Gasteiger partial charge in [-0.1, -0.05) is 59.8 Å². The van der Waals surface area contributed by atoms with Crippen LogP contribution < -0.4 is 0 Å². The maximum atomic E-state index is 11.8. The van der Waals surface area contributed by atoms with Crippen LogP contribution in [0.1, 0.15) is 18.3 Å². The number of thioether (sulfide) groups is 1. The van der Waals surface area contributed by atoms with Gasteiger partial charge in [0.05, 0.1) is 12.8 Å². The summed E-state index contributed by atoms with van der Waals surface area (Å²) in [6.45, 7) is 1.78. The van der Waals surface area contributed by atoms with Crippen molar-refractivity contribution in [3.63, 3.8) is 0 Å². The fraction of sp³-hybridized carbons (Fsp3) is 0.211. The first-order valence-corrected chi connectivity index (χ1v) is 9.33. The zero-order valence-electron chi connectivity index (χ0n) is 14.4. The summed E-state index contributed by atoms with van der Waals surface area (Å²) in [5, 5.41) is 9.50. The highest BCUT2D eigenvalue weighted by molar-refractivity contribution is 8.00. The van der Waals surface area contributed by atoms with Crippen molar-refractivity contribution in [3.8, 4) is 5.69 Å². The van der Waals surface area contributed by atoms with Crippen LogP contribution >= 0.6 is 23.4 Å². The molecular weight excluding hydrogens is 370 g/mol. The number of carbonyl (C=O) groups excluding carboxylic acids is 1. The molecule has 5 nitrogen and oxygen atoms in total. The third-order valence-corrected chi connectivity index (χ3v) is 5.04. The van der Waals surface area contributed by atoms with Gasteiger partial charge in [0, 0.05) is 11.4 Å². The number of nitrogens with zero attached hydrogens (tertiary/aromatic N) is 3. The molecule has 0 aliphatic heterocycles. The van der Waals surface area contributed by atoms with Crippen molar-refractivity contribution >= 4 is 29.3 Å².